The molecule has 19 heavy (non-hydrogen) atoms. The van der Waals surface area contributed by atoms with Gasteiger partial charge in [0.25, 0.3) is 0 Å². The summed E-state index contributed by atoms with van der Waals surface area (Å²) < 4.78 is 43.0. The molecule has 1 aliphatic rings. The van der Waals surface area contributed by atoms with Crippen molar-refractivity contribution in [3.8, 4) is 5.75 Å². The largest absolute Gasteiger partial charge is 0.486 e. The Kier molecular flexibility index (Phi) is 3.62. The van der Waals surface area contributed by atoms with Crippen LogP contribution in [-0.2, 0) is 6.18 Å². The average molecular weight is 294 g/mol. The van der Waals surface area contributed by atoms with E-state index in [1.54, 1.807) is 6.92 Å². The highest BCUT2D eigenvalue weighted by molar-refractivity contribution is 6.62. The van der Waals surface area contributed by atoms with Gasteiger partial charge in [-0.3, -0.25) is 4.79 Å². The summed E-state index contributed by atoms with van der Waals surface area (Å²) >= 11 is 5.31. The first-order chi connectivity index (χ1) is 8.79. The highest BCUT2D eigenvalue weighted by Gasteiger charge is 2.40. The predicted octanol–water partition coefficient (Wildman–Crippen LogP) is 3.52. The van der Waals surface area contributed by atoms with Crippen LogP contribution in [0.25, 0.3) is 0 Å². The van der Waals surface area contributed by atoms with Crippen LogP contribution in [0.4, 0.5) is 18.0 Å². The SMILES string of the molecule is CC1C(Oc2cccc(C(F)(F)F)c2)CN1C(=O)Cl. The first-order valence-corrected chi connectivity index (χ1v) is 5.97. The summed E-state index contributed by atoms with van der Waals surface area (Å²) in [4.78, 5) is 12.3. The van der Waals surface area contributed by atoms with Crippen molar-refractivity contribution < 1.29 is 22.7 Å². The summed E-state index contributed by atoms with van der Waals surface area (Å²) in [7, 11) is 0. The molecule has 0 radical (unpaired) electrons. The van der Waals surface area contributed by atoms with Crippen molar-refractivity contribution in [2.45, 2.75) is 25.2 Å². The maximum Gasteiger partial charge on any atom is 0.416 e. The van der Waals surface area contributed by atoms with Crippen molar-refractivity contribution in [1.82, 2.24) is 4.90 Å². The van der Waals surface area contributed by atoms with Gasteiger partial charge in [-0.2, -0.15) is 13.2 Å². The summed E-state index contributed by atoms with van der Waals surface area (Å²) in [5.41, 5.74) is -0.762. The summed E-state index contributed by atoms with van der Waals surface area (Å²) in [6, 6.07) is 4.40. The maximum absolute atomic E-state index is 12.5. The molecule has 0 N–H and O–H groups in total. The number of hydrogen-bond donors (Lipinski definition) is 0. The lowest BCUT2D eigenvalue weighted by Crippen LogP contribution is -2.61. The number of rotatable bonds is 2. The molecule has 1 heterocycles. The van der Waals surface area contributed by atoms with Crippen molar-refractivity contribution in [2.75, 3.05) is 6.54 Å². The third-order valence-electron chi connectivity index (χ3n) is 3.08. The smallest absolute Gasteiger partial charge is 0.416 e. The molecule has 1 aromatic rings. The van der Waals surface area contributed by atoms with Crippen LogP contribution in [0, 0.1) is 0 Å². The van der Waals surface area contributed by atoms with E-state index in [0.717, 1.165) is 12.1 Å². The molecule has 0 spiro atoms. The summed E-state index contributed by atoms with van der Waals surface area (Å²) in [5, 5.41) is -0.587. The first kappa shape index (κ1) is 14.0. The van der Waals surface area contributed by atoms with Crippen LogP contribution >= 0.6 is 11.6 Å². The molecule has 0 bridgehead atoms. The van der Waals surface area contributed by atoms with E-state index in [1.165, 1.54) is 17.0 Å². The fraction of sp³-hybridized carbons (Fsp3) is 0.417. The summed E-state index contributed by atoms with van der Waals surface area (Å²) in [6.45, 7) is 2.00. The number of amides is 1. The van der Waals surface area contributed by atoms with Crippen LogP contribution in [0.5, 0.6) is 5.75 Å². The topological polar surface area (TPSA) is 29.5 Å². The van der Waals surface area contributed by atoms with Crippen LogP contribution in [0.3, 0.4) is 0 Å². The van der Waals surface area contributed by atoms with Crippen molar-refractivity contribution in [3.05, 3.63) is 29.8 Å². The quantitative estimate of drug-likeness (QED) is 0.617. The Balaban J connectivity index is 2.04. The monoisotopic (exact) mass is 293 g/mol. The van der Waals surface area contributed by atoms with Gasteiger partial charge in [0, 0.05) is 0 Å². The van der Waals surface area contributed by atoms with Crippen molar-refractivity contribution in [2.24, 2.45) is 0 Å². The molecule has 2 atom stereocenters. The lowest BCUT2D eigenvalue weighted by Gasteiger charge is -2.44. The molecule has 0 aromatic heterocycles. The zero-order valence-corrected chi connectivity index (χ0v) is 10.7. The Morgan fingerprint density at radius 3 is 2.68 bits per heavy atom. The number of alkyl halides is 3. The van der Waals surface area contributed by atoms with Gasteiger partial charge in [-0.05, 0) is 36.7 Å². The number of carbonyl (C=O) groups is 1. The number of carbonyl (C=O) groups excluding carboxylic acids is 1. The van der Waals surface area contributed by atoms with Crippen LogP contribution < -0.4 is 4.74 Å². The second-order valence-electron chi connectivity index (χ2n) is 4.33. The van der Waals surface area contributed by atoms with Gasteiger partial charge < -0.3 is 9.64 Å². The van der Waals surface area contributed by atoms with E-state index in [9.17, 15) is 18.0 Å². The third kappa shape index (κ3) is 2.94. The Morgan fingerprint density at radius 2 is 2.16 bits per heavy atom. The molecular formula is C12H11ClF3NO2. The minimum Gasteiger partial charge on any atom is -0.486 e. The van der Waals surface area contributed by atoms with Gasteiger partial charge in [0.1, 0.15) is 11.9 Å². The molecule has 1 aromatic carbocycles. The molecule has 1 saturated heterocycles. The first-order valence-electron chi connectivity index (χ1n) is 5.59. The fourth-order valence-electron chi connectivity index (χ4n) is 1.86. The van der Waals surface area contributed by atoms with E-state index in [-0.39, 0.29) is 24.4 Å². The molecule has 1 aliphatic heterocycles. The number of ether oxygens (including phenoxy) is 1. The van der Waals surface area contributed by atoms with Crippen molar-refractivity contribution in [1.29, 1.82) is 0 Å². The average Bonchev–Trinajstić information content (AvgIpc) is 2.32. The van der Waals surface area contributed by atoms with E-state index in [4.69, 9.17) is 16.3 Å². The number of benzene rings is 1. The third-order valence-corrected chi connectivity index (χ3v) is 3.30. The Labute approximate surface area is 112 Å². The molecule has 3 nitrogen and oxygen atoms in total. The molecule has 1 amide bonds. The van der Waals surface area contributed by atoms with Crippen LogP contribution in [0.1, 0.15) is 12.5 Å². The molecule has 1 fully saturated rings. The number of likely N-dealkylation sites (tertiary alicyclic amines) is 1. The lowest BCUT2D eigenvalue weighted by atomic mass is 10.0. The van der Waals surface area contributed by atoms with Gasteiger partial charge in [0.15, 0.2) is 0 Å². The van der Waals surface area contributed by atoms with E-state index < -0.39 is 17.1 Å². The standard InChI is InChI=1S/C12H11ClF3NO2/c1-7-10(6-17(7)11(13)18)19-9-4-2-3-8(5-9)12(14,15)16/h2-5,7,10H,6H2,1H3. The highest BCUT2D eigenvalue weighted by Crippen LogP contribution is 2.32. The zero-order chi connectivity index (χ0) is 14.2. The van der Waals surface area contributed by atoms with E-state index in [0.29, 0.717) is 0 Å². The Hall–Kier alpha value is -1.43. The van der Waals surface area contributed by atoms with Gasteiger partial charge in [0.2, 0.25) is 0 Å². The van der Waals surface area contributed by atoms with Gasteiger partial charge in [-0.15, -0.1) is 0 Å². The van der Waals surface area contributed by atoms with Gasteiger partial charge in [-0.25, -0.2) is 0 Å². The van der Waals surface area contributed by atoms with Crippen molar-refractivity contribution >= 4 is 17.0 Å². The molecule has 7 heteroatoms. The second-order valence-corrected chi connectivity index (χ2v) is 4.65. The lowest BCUT2D eigenvalue weighted by molar-refractivity contribution is -0.137. The number of halogens is 4. The predicted molar refractivity (Wildman–Crippen MR) is 63.3 cm³/mol. The zero-order valence-electron chi connectivity index (χ0n) is 9.95. The fourth-order valence-corrected chi connectivity index (χ4v) is 2.09. The van der Waals surface area contributed by atoms with Gasteiger partial charge in [-0.1, -0.05) is 6.07 Å². The molecule has 0 saturated carbocycles. The van der Waals surface area contributed by atoms with Crippen LogP contribution in [-0.4, -0.2) is 29.0 Å². The highest BCUT2D eigenvalue weighted by atomic mass is 35.5. The molecule has 0 aliphatic carbocycles. The van der Waals surface area contributed by atoms with Gasteiger partial charge in [0.05, 0.1) is 18.2 Å². The molecule has 104 valence electrons. The Bertz CT molecular complexity index is 492. The van der Waals surface area contributed by atoms with E-state index in [2.05, 4.69) is 0 Å². The maximum atomic E-state index is 12.5. The van der Waals surface area contributed by atoms with Gasteiger partial charge >= 0.3 is 11.5 Å². The minimum atomic E-state index is -4.40. The van der Waals surface area contributed by atoms with Crippen LogP contribution in [0.15, 0.2) is 24.3 Å². The normalized spacial score (nSPS) is 22.9. The van der Waals surface area contributed by atoms with Crippen LogP contribution in [0.2, 0.25) is 0 Å². The summed E-state index contributed by atoms with van der Waals surface area (Å²) in [6.07, 6.45) is -4.74. The number of nitrogens with zero attached hydrogens (tertiary/aromatic N) is 1. The van der Waals surface area contributed by atoms with E-state index in [1.807, 2.05) is 0 Å². The minimum absolute atomic E-state index is 0.133. The van der Waals surface area contributed by atoms with Crippen molar-refractivity contribution in [3.63, 3.8) is 0 Å². The second kappa shape index (κ2) is 4.92. The number of hydrogen-bond acceptors (Lipinski definition) is 2. The van der Waals surface area contributed by atoms with E-state index >= 15 is 0 Å². The molecular weight excluding hydrogens is 283 g/mol. The molecule has 2 unspecified atom stereocenters. The Morgan fingerprint density at radius 1 is 1.47 bits per heavy atom. The molecule has 2 rings (SSSR count). The summed E-state index contributed by atoms with van der Waals surface area (Å²) in [5.74, 6) is 0.133.